The molecule has 1 heteroatoms. The molecular formula is C9H18O. The van der Waals surface area contributed by atoms with Crippen molar-refractivity contribution in [1.29, 1.82) is 0 Å². The molecule has 0 aliphatic carbocycles. The maximum atomic E-state index is 5.77. The Bertz CT molecular complexity index is 129. The highest BCUT2D eigenvalue weighted by atomic mass is 16.5. The molecule has 0 bridgehead atoms. The monoisotopic (exact) mass is 142 g/mol. The molecule has 1 nitrogen and oxygen atoms in total. The molecule has 0 aromatic heterocycles. The molecule has 0 saturated carbocycles. The lowest BCUT2D eigenvalue weighted by molar-refractivity contribution is -0.0231. The lowest BCUT2D eigenvalue weighted by Crippen LogP contribution is -2.26. The molecule has 1 unspecified atom stereocenters. The maximum absolute atomic E-state index is 5.77. The van der Waals surface area contributed by atoms with Gasteiger partial charge in [-0.1, -0.05) is 13.8 Å². The van der Waals surface area contributed by atoms with Crippen molar-refractivity contribution in [3.63, 3.8) is 0 Å². The fraction of sp³-hybridized carbons (Fsp3) is 1.00. The van der Waals surface area contributed by atoms with E-state index in [0.29, 0.717) is 17.9 Å². The van der Waals surface area contributed by atoms with Crippen LogP contribution >= 0.6 is 0 Å². The summed E-state index contributed by atoms with van der Waals surface area (Å²) in [5, 5.41) is 0. The smallest absolute Gasteiger partial charge is 0.0659 e. The van der Waals surface area contributed by atoms with Crippen molar-refractivity contribution in [2.75, 3.05) is 0 Å². The SMILES string of the molecule is CC1[C@@H](C)[C@@H](C)OC1(C)C. The summed E-state index contributed by atoms with van der Waals surface area (Å²) in [7, 11) is 0. The Labute approximate surface area is 63.8 Å². The summed E-state index contributed by atoms with van der Waals surface area (Å²) in [5.41, 5.74) is 0.0961. The van der Waals surface area contributed by atoms with Crippen molar-refractivity contribution in [2.24, 2.45) is 11.8 Å². The second-order valence-corrected chi connectivity index (χ2v) is 4.07. The highest BCUT2D eigenvalue weighted by molar-refractivity contribution is 4.89. The molecule has 3 atom stereocenters. The van der Waals surface area contributed by atoms with E-state index in [1.54, 1.807) is 0 Å². The summed E-state index contributed by atoms with van der Waals surface area (Å²) >= 11 is 0. The second kappa shape index (κ2) is 2.23. The van der Waals surface area contributed by atoms with Crippen LogP contribution in [-0.2, 0) is 4.74 Å². The van der Waals surface area contributed by atoms with Crippen LogP contribution in [0.15, 0.2) is 0 Å². The molecule has 10 heavy (non-hydrogen) atoms. The molecule has 0 radical (unpaired) electrons. The van der Waals surface area contributed by atoms with Gasteiger partial charge in [0.25, 0.3) is 0 Å². The lowest BCUT2D eigenvalue weighted by Gasteiger charge is -2.23. The second-order valence-electron chi connectivity index (χ2n) is 4.07. The first kappa shape index (κ1) is 8.06. The molecular weight excluding hydrogens is 124 g/mol. The molecule has 1 heterocycles. The Balaban J connectivity index is 2.71. The predicted octanol–water partition coefficient (Wildman–Crippen LogP) is 2.46. The molecule has 60 valence electrons. The zero-order valence-corrected chi connectivity index (χ0v) is 7.64. The van der Waals surface area contributed by atoms with Crippen LogP contribution in [0.4, 0.5) is 0 Å². The van der Waals surface area contributed by atoms with Crippen molar-refractivity contribution in [3.8, 4) is 0 Å². The van der Waals surface area contributed by atoms with Crippen LogP contribution in [0.1, 0.15) is 34.6 Å². The minimum Gasteiger partial charge on any atom is -0.372 e. The van der Waals surface area contributed by atoms with Gasteiger partial charge in [-0.3, -0.25) is 0 Å². The molecule has 0 amide bonds. The topological polar surface area (TPSA) is 9.23 Å². The number of hydrogen-bond acceptors (Lipinski definition) is 1. The van der Waals surface area contributed by atoms with Gasteiger partial charge in [0.1, 0.15) is 0 Å². The van der Waals surface area contributed by atoms with E-state index in [4.69, 9.17) is 4.74 Å². The first-order valence-corrected chi connectivity index (χ1v) is 4.13. The molecule has 0 spiro atoms. The highest BCUT2D eigenvalue weighted by Gasteiger charge is 2.41. The van der Waals surface area contributed by atoms with Crippen LogP contribution in [0.5, 0.6) is 0 Å². The van der Waals surface area contributed by atoms with Gasteiger partial charge in [0.05, 0.1) is 11.7 Å². The Kier molecular flexibility index (Phi) is 1.80. The minimum atomic E-state index is 0.0961. The standard InChI is InChI=1S/C9H18O/c1-6-7(2)9(4,5)10-8(6)3/h6-8H,1-5H3/t6-,7?,8-/m1/s1. The van der Waals surface area contributed by atoms with Crippen molar-refractivity contribution >= 4 is 0 Å². The lowest BCUT2D eigenvalue weighted by atomic mass is 9.84. The van der Waals surface area contributed by atoms with Crippen LogP contribution < -0.4 is 0 Å². The van der Waals surface area contributed by atoms with E-state index in [1.807, 2.05) is 0 Å². The molecule has 0 aromatic carbocycles. The largest absolute Gasteiger partial charge is 0.372 e. The van der Waals surface area contributed by atoms with Crippen LogP contribution in [-0.4, -0.2) is 11.7 Å². The molecule has 1 fully saturated rings. The zero-order valence-electron chi connectivity index (χ0n) is 7.64. The Morgan fingerprint density at radius 1 is 1.10 bits per heavy atom. The van der Waals surface area contributed by atoms with Crippen molar-refractivity contribution in [3.05, 3.63) is 0 Å². The third-order valence-corrected chi connectivity index (χ3v) is 3.12. The summed E-state index contributed by atoms with van der Waals surface area (Å²) < 4.78 is 5.77. The average molecular weight is 142 g/mol. The van der Waals surface area contributed by atoms with E-state index >= 15 is 0 Å². The summed E-state index contributed by atoms with van der Waals surface area (Å²) in [5.74, 6) is 1.39. The Hall–Kier alpha value is -0.0400. The minimum absolute atomic E-state index is 0.0961. The zero-order chi connectivity index (χ0) is 7.94. The van der Waals surface area contributed by atoms with Crippen molar-refractivity contribution in [1.82, 2.24) is 0 Å². The van der Waals surface area contributed by atoms with Gasteiger partial charge in [0.2, 0.25) is 0 Å². The van der Waals surface area contributed by atoms with Crippen LogP contribution in [0.2, 0.25) is 0 Å². The molecule has 0 aromatic rings. The fourth-order valence-electron chi connectivity index (χ4n) is 1.73. The molecule has 1 rings (SSSR count). The van der Waals surface area contributed by atoms with Gasteiger partial charge in [-0.05, 0) is 32.6 Å². The van der Waals surface area contributed by atoms with Crippen LogP contribution in [0.25, 0.3) is 0 Å². The van der Waals surface area contributed by atoms with E-state index in [0.717, 1.165) is 0 Å². The summed E-state index contributed by atoms with van der Waals surface area (Å²) in [6.45, 7) is 11.1. The van der Waals surface area contributed by atoms with Gasteiger partial charge >= 0.3 is 0 Å². The quantitative estimate of drug-likeness (QED) is 0.505. The molecule has 1 saturated heterocycles. The van der Waals surface area contributed by atoms with Gasteiger partial charge in [-0.2, -0.15) is 0 Å². The van der Waals surface area contributed by atoms with Crippen LogP contribution in [0, 0.1) is 11.8 Å². The first-order chi connectivity index (χ1) is 4.45. The fourth-order valence-corrected chi connectivity index (χ4v) is 1.73. The molecule has 1 aliphatic rings. The maximum Gasteiger partial charge on any atom is 0.0659 e. The third-order valence-electron chi connectivity index (χ3n) is 3.12. The number of ether oxygens (including phenoxy) is 1. The Morgan fingerprint density at radius 2 is 1.60 bits per heavy atom. The number of hydrogen-bond donors (Lipinski definition) is 0. The van der Waals surface area contributed by atoms with Gasteiger partial charge in [0, 0.05) is 0 Å². The van der Waals surface area contributed by atoms with Crippen LogP contribution in [0.3, 0.4) is 0 Å². The van der Waals surface area contributed by atoms with Crippen molar-refractivity contribution < 1.29 is 4.74 Å². The summed E-state index contributed by atoms with van der Waals surface area (Å²) in [6, 6.07) is 0. The summed E-state index contributed by atoms with van der Waals surface area (Å²) in [4.78, 5) is 0. The van der Waals surface area contributed by atoms with Gasteiger partial charge in [-0.15, -0.1) is 0 Å². The van der Waals surface area contributed by atoms with E-state index in [2.05, 4.69) is 34.6 Å². The van der Waals surface area contributed by atoms with Gasteiger partial charge in [-0.25, -0.2) is 0 Å². The van der Waals surface area contributed by atoms with Crippen molar-refractivity contribution in [2.45, 2.75) is 46.3 Å². The van der Waals surface area contributed by atoms with E-state index in [-0.39, 0.29) is 5.60 Å². The molecule has 1 aliphatic heterocycles. The number of rotatable bonds is 0. The van der Waals surface area contributed by atoms with E-state index < -0.39 is 0 Å². The van der Waals surface area contributed by atoms with E-state index in [9.17, 15) is 0 Å². The van der Waals surface area contributed by atoms with Gasteiger partial charge in [0.15, 0.2) is 0 Å². The third kappa shape index (κ3) is 1.07. The first-order valence-electron chi connectivity index (χ1n) is 4.13. The van der Waals surface area contributed by atoms with E-state index in [1.165, 1.54) is 0 Å². The average Bonchev–Trinajstić information content (AvgIpc) is 1.95. The Morgan fingerprint density at radius 3 is 1.70 bits per heavy atom. The summed E-state index contributed by atoms with van der Waals surface area (Å²) in [6.07, 6.45) is 0.435. The van der Waals surface area contributed by atoms with Gasteiger partial charge < -0.3 is 4.74 Å². The predicted molar refractivity (Wildman–Crippen MR) is 43.0 cm³/mol. The highest BCUT2D eigenvalue weighted by Crippen LogP contribution is 2.39. The molecule has 0 N–H and O–H groups in total. The normalized spacial score (nSPS) is 45.9.